The SMILES string of the molecule is CCCCCCCCCCCCOc1cc(/C(=C2/N=C(C)C=C2C)c2c(C)cc(C)n2B(C#CC[N+](C)(C)C)C#CC[N+](C)(C)C)cc(OCCCCCCCCCCCC)c1OCCCCCCCCCCCC. The lowest BCUT2D eigenvalue weighted by Gasteiger charge is -2.23. The van der Waals surface area contributed by atoms with Gasteiger partial charge in [0.15, 0.2) is 11.5 Å². The molecule has 2 heterocycles. The summed E-state index contributed by atoms with van der Waals surface area (Å²) in [6, 6.07) is 6.78. The van der Waals surface area contributed by atoms with Crippen molar-refractivity contribution in [2.24, 2.45) is 4.99 Å². The summed E-state index contributed by atoms with van der Waals surface area (Å²) in [5.41, 5.74) is 8.53. The number of aryl methyl sites for hydroxylation is 2. The van der Waals surface area contributed by atoms with E-state index < -0.39 is 0 Å². The number of ether oxygens (including phenoxy) is 3. The number of nitrogens with zero attached hydrogens (tertiary/aromatic N) is 4. The van der Waals surface area contributed by atoms with E-state index >= 15 is 0 Å². The number of hydrogen-bond acceptors (Lipinski definition) is 4. The van der Waals surface area contributed by atoms with Crippen LogP contribution in [-0.2, 0) is 0 Å². The van der Waals surface area contributed by atoms with Gasteiger partial charge < -0.3 is 27.7 Å². The van der Waals surface area contributed by atoms with Gasteiger partial charge in [0.05, 0.1) is 67.8 Å². The van der Waals surface area contributed by atoms with Gasteiger partial charge in [0.25, 0.3) is 0 Å². The molecule has 0 bridgehead atoms. The highest BCUT2D eigenvalue weighted by Crippen LogP contribution is 2.45. The molecule has 8 heteroatoms. The lowest BCUT2D eigenvalue weighted by Crippen LogP contribution is -2.35. The molecule has 0 radical (unpaired) electrons. The van der Waals surface area contributed by atoms with Crippen LogP contribution in [0.4, 0.5) is 0 Å². The molecule has 1 aliphatic rings. The number of hydrogen-bond donors (Lipinski definition) is 0. The molecule has 0 fully saturated rings. The van der Waals surface area contributed by atoms with E-state index in [2.05, 4.69) is 143 Å². The zero-order chi connectivity index (χ0) is 54.7. The van der Waals surface area contributed by atoms with E-state index in [0.717, 1.165) is 116 Å². The summed E-state index contributed by atoms with van der Waals surface area (Å²) in [4.78, 5) is 5.32. The van der Waals surface area contributed by atoms with Gasteiger partial charge in [0.2, 0.25) is 5.75 Å². The van der Waals surface area contributed by atoms with Gasteiger partial charge in [0.1, 0.15) is 13.1 Å². The molecule has 1 aromatic heterocycles. The number of quaternary nitrogens is 2. The van der Waals surface area contributed by atoms with Crippen molar-refractivity contribution >= 4 is 18.1 Å². The van der Waals surface area contributed by atoms with Crippen LogP contribution in [-0.4, -0.2) is 101 Å². The van der Waals surface area contributed by atoms with Crippen LogP contribution in [0.1, 0.15) is 250 Å². The van der Waals surface area contributed by atoms with Gasteiger partial charge in [-0.05, 0) is 87.9 Å². The summed E-state index contributed by atoms with van der Waals surface area (Å²) in [7, 11) is 13.2. The van der Waals surface area contributed by atoms with Crippen LogP contribution in [0.25, 0.3) is 5.57 Å². The van der Waals surface area contributed by atoms with Gasteiger partial charge >= 0.3 is 6.85 Å². The summed E-state index contributed by atoms with van der Waals surface area (Å²) in [6.45, 7) is 18.6. The predicted molar refractivity (Wildman–Crippen MR) is 328 cm³/mol. The maximum atomic E-state index is 6.99. The second-order valence-corrected chi connectivity index (χ2v) is 24.3. The summed E-state index contributed by atoms with van der Waals surface area (Å²) in [5, 5.41) is 0. The van der Waals surface area contributed by atoms with E-state index in [1.54, 1.807) is 0 Å². The van der Waals surface area contributed by atoms with Crippen molar-refractivity contribution in [2.45, 2.75) is 241 Å². The number of allylic oxidation sites excluding steroid dienone is 2. The summed E-state index contributed by atoms with van der Waals surface area (Å²) in [5.74, 6) is 16.8. The molecule has 0 unspecified atom stereocenters. The fraction of sp³-hybridized carbons (Fsp3) is 0.716. The van der Waals surface area contributed by atoms with Crippen LogP contribution < -0.4 is 14.2 Å². The molecule has 0 spiro atoms. The second kappa shape index (κ2) is 37.8. The highest BCUT2D eigenvalue weighted by molar-refractivity contribution is 6.74. The van der Waals surface area contributed by atoms with Crippen molar-refractivity contribution in [2.75, 3.05) is 75.2 Å². The lowest BCUT2D eigenvalue weighted by atomic mass is 9.63. The number of benzene rings is 1. The van der Waals surface area contributed by atoms with Crippen LogP contribution in [0.2, 0.25) is 0 Å². The van der Waals surface area contributed by atoms with Crippen molar-refractivity contribution < 1.29 is 23.2 Å². The molecule has 420 valence electrons. The number of aliphatic imine (C=N–C) groups is 1. The van der Waals surface area contributed by atoms with E-state index in [9.17, 15) is 0 Å². The average molecular weight is 1030 g/mol. The molecule has 1 aromatic carbocycles. The fourth-order valence-electron chi connectivity index (χ4n) is 10.1. The highest BCUT2D eigenvalue weighted by atomic mass is 16.5. The molecule has 2 aromatic rings. The third-order valence-corrected chi connectivity index (χ3v) is 14.4. The average Bonchev–Trinajstić information content (AvgIpc) is 3.84. The third kappa shape index (κ3) is 27.4. The molecule has 0 saturated heterocycles. The topological polar surface area (TPSA) is 45.0 Å². The Labute approximate surface area is 463 Å². The minimum Gasteiger partial charge on any atom is -0.490 e. The molecule has 0 N–H and O–H groups in total. The Morgan fingerprint density at radius 2 is 0.853 bits per heavy atom. The Morgan fingerprint density at radius 3 is 1.20 bits per heavy atom. The molecule has 0 aliphatic carbocycles. The van der Waals surface area contributed by atoms with Crippen molar-refractivity contribution in [1.29, 1.82) is 0 Å². The van der Waals surface area contributed by atoms with Crippen molar-refractivity contribution in [3.63, 3.8) is 0 Å². The zero-order valence-corrected chi connectivity index (χ0v) is 51.1. The normalized spacial score (nSPS) is 13.2. The summed E-state index contributed by atoms with van der Waals surface area (Å²) in [6.07, 6.45) is 40.7. The number of aromatic nitrogens is 1. The maximum Gasteiger partial charge on any atom is 0.433 e. The van der Waals surface area contributed by atoms with Gasteiger partial charge in [-0.2, -0.15) is 0 Å². The van der Waals surface area contributed by atoms with Crippen LogP contribution in [0.3, 0.4) is 0 Å². The van der Waals surface area contributed by atoms with Crippen LogP contribution in [0.5, 0.6) is 17.2 Å². The molecule has 0 atom stereocenters. The van der Waals surface area contributed by atoms with Gasteiger partial charge in [-0.1, -0.05) is 206 Å². The van der Waals surface area contributed by atoms with E-state index in [4.69, 9.17) is 19.2 Å². The molecule has 75 heavy (non-hydrogen) atoms. The minimum atomic E-state index is -0.360. The van der Waals surface area contributed by atoms with Crippen LogP contribution in [0, 0.1) is 37.3 Å². The Morgan fingerprint density at radius 1 is 0.493 bits per heavy atom. The quantitative estimate of drug-likeness (QED) is 0.0289. The first-order valence-corrected chi connectivity index (χ1v) is 30.9. The van der Waals surface area contributed by atoms with Crippen LogP contribution in [0.15, 0.2) is 40.5 Å². The van der Waals surface area contributed by atoms with E-state index in [1.165, 1.54) is 161 Å². The largest absolute Gasteiger partial charge is 0.490 e. The maximum absolute atomic E-state index is 6.99. The predicted octanol–water partition coefficient (Wildman–Crippen LogP) is 17.5. The number of unbranched alkanes of at least 4 members (excludes halogenated alkanes) is 27. The molecule has 1 aliphatic heterocycles. The Bertz CT molecular complexity index is 2050. The molecule has 0 amide bonds. The zero-order valence-electron chi connectivity index (χ0n) is 51.1. The molecule has 0 saturated carbocycles. The highest BCUT2D eigenvalue weighted by Gasteiger charge is 2.29. The molecule has 7 nitrogen and oxygen atoms in total. The molecule has 3 rings (SSSR count). The lowest BCUT2D eigenvalue weighted by molar-refractivity contribution is -0.862. The molecular formula is C67H113BN4O3+2. The van der Waals surface area contributed by atoms with Gasteiger partial charge in [-0.25, -0.2) is 0 Å². The monoisotopic (exact) mass is 1030 g/mol. The Hall–Kier alpha value is -3.85. The van der Waals surface area contributed by atoms with E-state index in [-0.39, 0.29) is 6.85 Å². The standard InChI is InChI=1S/C67H113BN4O3/c1-14-17-20-23-26-29-32-35-38-41-50-73-62-55-61(56-63(74-51-42-39-36-33-30-27-24-21-18-15-2)67(62)75-52-43-40-37-34-31-28-25-22-19-16-3)64(65-57(4)53-59(6)69-65)66-58(5)54-60(7)70(66)68(46-44-48-71(8,9)10)47-45-49-72(11,12)13/h53-56H,14-43,48-52H2,1-13H3/q+2/b65-64-. The van der Waals surface area contributed by atoms with Crippen LogP contribution >= 0.6 is 0 Å². The van der Waals surface area contributed by atoms with Crippen molar-refractivity contribution in [3.8, 4) is 40.7 Å². The van der Waals surface area contributed by atoms with Gasteiger partial charge in [-0.15, -0.1) is 11.6 Å². The summed E-state index contributed by atoms with van der Waals surface area (Å²) < 4.78 is 24.8. The first-order valence-electron chi connectivity index (χ1n) is 30.9. The first-order chi connectivity index (χ1) is 36.1. The third-order valence-electron chi connectivity index (χ3n) is 14.4. The second-order valence-electron chi connectivity index (χ2n) is 24.3. The Kier molecular flexibility index (Phi) is 33.0. The van der Waals surface area contributed by atoms with Gasteiger partial charge in [0, 0.05) is 22.7 Å². The molecular weight excluding hydrogens is 920 g/mol. The van der Waals surface area contributed by atoms with E-state index in [0.29, 0.717) is 19.8 Å². The number of rotatable bonds is 41. The van der Waals surface area contributed by atoms with Crippen molar-refractivity contribution in [3.05, 3.63) is 58.1 Å². The van der Waals surface area contributed by atoms with E-state index in [1.807, 2.05) is 0 Å². The minimum absolute atomic E-state index is 0.360. The first kappa shape index (κ1) is 65.4. The van der Waals surface area contributed by atoms with Crippen molar-refractivity contribution in [1.82, 2.24) is 4.48 Å². The summed E-state index contributed by atoms with van der Waals surface area (Å²) >= 11 is 0. The van der Waals surface area contributed by atoms with Gasteiger partial charge in [-0.3, -0.25) is 4.99 Å². The fourth-order valence-corrected chi connectivity index (χ4v) is 10.1. The Balaban J connectivity index is 2.14. The smallest absolute Gasteiger partial charge is 0.433 e.